The van der Waals surface area contributed by atoms with E-state index in [1.165, 1.54) is 0 Å². The van der Waals surface area contributed by atoms with E-state index >= 15 is 0 Å². The van der Waals surface area contributed by atoms with Gasteiger partial charge in [0.15, 0.2) is 18.7 Å². The number of aromatic nitrogens is 2. The number of alkyl halides is 1. The number of halogens is 1. The van der Waals surface area contributed by atoms with Crippen molar-refractivity contribution in [2.24, 2.45) is 0 Å². The minimum absolute atomic E-state index is 0.714. The number of hydrogen-bond donors (Lipinski definition) is 8. The molecule has 1 aromatic heterocycles. The van der Waals surface area contributed by atoms with Crippen molar-refractivity contribution in [3.05, 3.63) is 33.1 Å². The van der Waals surface area contributed by atoms with E-state index in [1.54, 1.807) is 0 Å². The highest BCUT2D eigenvalue weighted by Crippen LogP contribution is 2.61. The molecule has 2 fully saturated rings. The van der Waals surface area contributed by atoms with Gasteiger partial charge in [0, 0.05) is 12.3 Å². The Labute approximate surface area is 199 Å². The van der Waals surface area contributed by atoms with Gasteiger partial charge in [0.2, 0.25) is 0 Å². The predicted octanol–water partition coefficient (Wildman–Crippen LogP) is -3.82. The molecular formula is C15H23FN2O16P2. The lowest BCUT2D eigenvalue weighted by molar-refractivity contribution is -0.268. The molecular weight excluding hydrogens is 545 g/mol. The molecule has 3 heterocycles. The van der Waals surface area contributed by atoms with E-state index in [-0.39, 0.29) is 0 Å². The second-order valence-electron chi connectivity index (χ2n) is 7.63. The molecule has 0 bridgehead atoms. The molecule has 8 N–H and O–H groups in total. The Hall–Kier alpha value is -1.41. The minimum atomic E-state index is -5.63. The first-order valence-corrected chi connectivity index (χ1v) is 12.9. The third kappa shape index (κ3) is 6.53. The molecule has 1 aromatic rings. The normalized spacial score (nSPS) is 38.4. The fourth-order valence-electron chi connectivity index (χ4n) is 3.32. The quantitative estimate of drug-likeness (QED) is 0.133. The number of rotatable bonds is 9. The molecule has 36 heavy (non-hydrogen) atoms. The standard InChI is InChI=1S/C15H23FN2O16P2/c16-8-5(3-19)32-14(12(24)10(8)22)33-36(28,29)34-35(26,27)30-4-6-9(21)11(23)13(31-6)18-2-1-7(20)17-15(18)25/h1-2,5-6,8-14,19,21-24H,3-4H2,(H,26,27)(H,28,29)(H,17,20,25)/t5-,6-,8-,9-,10+,11+,12-,13+,14+/m0/s1. The van der Waals surface area contributed by atoms with Crippen LogP contribution in [0.25, 0.3) is 0 Å². The molecule has 18 nitrogen and oxygen atoms in total. The van der Waals surface area contributed by atoms with Crippen molar-refractivity contribution in [1.29, 1.82) is 0 Å². The summed E-state index contributed by atoms with van der Waals surface area (Å²) in [7, 11) is -11.1. The van der Waals surface area contributed by atoms with Gasteiger partial charge in [-0.3, -0.25) is 23.4 Å². The zero-order chi connectivity index (χ0) is 27.0. The van der Waals surface area contributed by atoms with Crippen LogP contribution in [0.1, 0.15) is 6.23 Å². The summed E-state index contributed by atoms with van der Waals surface area (Å²) in [5.74, 6) is 0. The lowest BCUT2D eigenvalue weighted by atomic mass is 10.0. The third-order valence-electron chi connectivity index (χ3n) is 5.11. The van der Waals surface area contributed by atoms with Crippen LogP contribution in [0.5, 0.6) is 0 Å². The number of nitrogens with zero attached hydrogens (tertiary/aromatic N) is 1. The van der Waals surface area contributed by atoms with Crippen molar-refractivity contribution in [2.45, 2.75) is 55.3 Å². The molecule has 0 spiro atoms. The van der Waals surface area contributed by atoms with Crippen molar-refractivity contribution >= 4 is 15.6 Å². The van der Waals surface area contributed by atoms with Crippen LogP contribution in [0.3, 0.4) is 0 Å². The zero-order valence-electron chi connectivity index (χ0n) is 17.8. The van der Waals surface area contributed by atoms with Gasteiger partial charge in [-0.15, -0.1) is 0 Å². The van der Waals surface area contributed by atoms with Crippen molar-refractivity contribution in [3.8, 4) is 0 Å². The summed E-state index contributed by atoms with van der Waals surface area (Å²) in [5, 5.41) is 48.6. The van der Waals surface area contributed by atoms with Crippen molar-refractivity contribution < 1.29 is 71.7 Å². The molecule has 0 saturated carbocycles. The molecule has 2 aliphatic heterocycles. The van der Waals surface area contributed by atoms with Gasteiger partial charge in [0.05, 0.1) is 13.2 Å². The lowest BCUT2D eigenvalue weighted by Crippen LogP contribution is -2.57. The monoisotopic (exact) mass is 568 g/mol. The molecule has 11 atom stereocenters. The Morgan fingerprint density at radius 3 is 2.28 bits per heavy atom. The first-order chi connectivity index (χ1) is 16.7. The van der Waals surface area contributed by atoms with Crippen LogP contribution in [0, 0.1) is 0 Å². The highest BCUT2D eigenvalue weighted by atomic mass is 31.3. The molecule has 206 valence electrons. The number of aliphatic hydroxyl groups is 5. The van der Waals surface area contributed by atoms with E-state index in [1.807, 2.05) is 4.98 Å². The molecule has 2 unspecified atom stereocenters. The number of ether oxygens (including phenoxy) is 2. The van der Waals surface area contributed by atoms with Gasteiger partial charge in [0.25, 0.3) is 5.56 Å². The maximum atomic E-state index is 13.8. The highest BCUT2D eigenvalue weighted by Gasteiger charge is 2.50. The van der Waals surface area contributed by atoms with Crippen LogP contribution in [-0.2, 0) is 32.0 Å². The van der Waals surface area contributed by atoms with E-state index in [0.29, 0.717) is 4.57 Å². The molecule has 0 amide bonds. The number of phosphoric acid groups is 2. The van der Waals surface area contributed by atoms with Gasteiger partial charge < -0.3 is 44.8 Å². The van der Waals surface area contributed by atoms with Crippen LogP contribution >= 0.6 is 15.6 Å². The number of H-pyrrole nitrogens is 1. The van der Waals surface area contributed by atoms with Gasteiger partial charge in [0.1, 0.15) is 36.6 Å². The van der Waals surface area contributed by atoms with Crippen molar-refractivity contribution in [3.63, 3.8) is 0 Å². The summed E-state index contributed by atoms with van der Waals surface area (Å²) < 4.78 is 61.5. The average Bonchev–Trinajstić information content (AvgIpc) is 3.06. The minimum Gasteiger partial charge on any atom is -0.394 e. The summed E-state index contributed by atoms with van der Waals surface area (Å²) in [4.78, 5) is 44.4. The summed E-state index contributed by atoms with van der Waals surface area (Å²) in [6, 6.07) is 0.921. The van der Waals surface area contributed by atoms with Crippen LogP contribution in [0.2, 0.25) is 0 Å². The molecule has 2 aliphatic rings. The average molecular weight is 568 g/mol. The number of aliphatic hydroxyl groups excluding tert-OH is 5. The molecule has 2 saturated heterocycles. The first-order valence-electron chi connectivity index (χ1n) is 9.95. The highest BCUT2D eigenvalue weighted by molar-refractivity contribution is 7.61. The second-order valence-corrected chi connectivity index (χ2v) is 10.6. The third-order valence-corrected chi connectivity index (χ3v) is 7.71. The fraction of sp³-hybridized carbons (Fsp3) is 0.733. The Morgan fingerprint density at radius 1 is 1.00 bits per heavy atom. The first kappa shape index (κ1) is 29.2. The molecule has 3 rings (SSSR count). The smallest absolute Gasteiger partial charge is 0.394 e. The van der Waals surface area contributed by atoms with E-state index in [9.17, 15) is 53.3 Å². The van der Waals surface area contributed by atoms with E-state index in [2.05, 4.69) is 13.4 Å². The van der Waals surface area contributed by atoms with Gasteiger partial charge in [-0.1, -0.05) is 0 Å². The molecule has 0 aromatic carbocycles. The number of aromatic amines is 1. The lowest BCUT2D eigenvalue weighted by Gasteiger charge is -2.38. The molecule has 21 heteroatoms. The number of hydrogen-bond acceptors (Lipinski definition) is 14. The maximum absolute atomic E-state index is 13.8. The largest absolute Gasteiger partial charge is 0.483 e. The maximum Gasteiger partial charge on any atom is 0.483 e. The van der Waals surface area contributed by atoms with Crippen molar-refractivity contribution in [2.75, 3.05) is 13.2 Å². The number of nitrogens with one attached hydrogen (secondary N) is 1. The Morgan fingerprint density at radius 2 is 1.67 bits per heavy atom. The van der Waals surface area contributed by atoms with Gasteiger partial charge in [-0.05, 0) is 0 Å². The summed E-state index contributed by atoms with van der Waals surface area (Å²) >= 11 is 0. The van der Waals surface area contributed by atoms with E-state index in [0.717, 1.165) is 12.3 Å². The summed E-state index contributed by atoms with van der Waals surface area (Å²) in [5.41, 5.74) is -1.76. The Bertz CT molecular complexity index is 1130. The Kier molecular flexibility index (Phi) is 9.02. The van der Waals surface area contributed by atoms with Crippen LogP contribution in [-0.4, -0.2) is 107 Å². The van der Waals surface area contributed by atoms with Gasteiger partial charge >= 0.3 is 21.3 Å². The topological polar surface area (TPSA) is 277 Å². The fourth-order valence-corrected chi connectivity index (χ4v) is 5.48. The molecule has 0 radical (unpaired) electrons. The Balaban J connectivity index is 1.61. The predicted molar refractivity (Wildman–Crippen MR) is 108 cm³/mol. The van der Waals surface area contributed by atoms with Crippen LogP contribution < -0.4 is 11.2 Å². The van der Waals surface area contributed by atoms with Gasteiger partial charge in [-0.25, -0.2) is 18.3 Å². The SMILES string of the molecule is O=c1ccn([C@@H]2O[C@@H](COP(=O)(O)OP(=O)(O)O[C@H]3O[C@@H](CO)[C@H](F)[C@@H](O)[C@@H]3O)[C@H](O)[C@H]2O)c(=O)[nH]1. The van der Waals surface area contributed by atoms with Crippen LogP contribution in [0.4, 0.5) is 4.39 Å². The summed E-state index contributed by atoms with van der Waals surface area (Å²) in [6.45, 7) is -2.07. The molecule has 0 aliphatic carbocycles. The zero-order valence-corrected chi connectivity index (χ0v) is 19.6. The second kappa shape index (κ2) is 11.1. The van der Waals surface area contributed by atoms with Crippen molar-refractivity contribution in [1.82, 2.24) is 9.55 Å². The van der Waals surface area contributed by atoms with E-state index in [4.69, 9.17) is 14.6 Å². The van der Waals surface area contributed by atoms with E-state index < -0.39 is 95.4 Å². The van der Waals surface area contributed by atoms with Crippen LogP contribution in [0.15, 0.2) is 21.9 Å². The number of phosphoric ester groups is 2. The summed E-state index contributed by atoms with van der Waals surface area (Å²) in [6.07, 6.45) is -16.6. The van der Waals surface area contributed by atoms with Gasteiger partial charge in [-0.2, -0.15) is 4.31 Å².